The van der Waals surface area contributed by atoms with Gasteiger partial charge >= 0.3 is 0 Å². The van der Waals surface area contributed by atoms with Gasteiger partial charge in [0.2, 0.25) is 0 Å². The van der Waals surface area contributed by atoms with E-state index in [0.717, 1.165) is 31.2 Å². The number of rotatable bonds is 9. The zero-order valence-electron chi connectivity index (χ0n) is 19.4. The third-order valence-corrected chi connectivity index (χ3v) is 5.70. The first-order valence-corrected chi connectivity index (χ1v) is 10.7. The van der Waals surface area contributed by atoms with Crippen LogP contribution in [0.2, 0.25) is 0 Å². The van der Waals surface area contributed by atoms with Crippen molar-refractivity contribution < 1.29 is 14.2 Å². The number of hydrogen-bond donors (Lipinski definition) is 2. The number of halogens is 1. The van der Waals surface area contributed by atoms with Gasteiger partial charge in [-0.15, -0.1) is 24.0 Å². The number of guanidine groups is 1. The highest BCUT2D eigenvalue weighted by molar-refractivity contribution is 14.0. The molecule has 2 N–H and O–H groups in total. The van der Waals surface area contributed by atoms with Crippen molar-refractivity contribution in [3.05, 3.63) is 53.6 Å². The van der Waals surface area contributed by atoms with Gasteiger partial charge in [-0.05, 0) is 31.5 Å². The van der Waals surface area contributed by atoms with Gasteiger partial charge in [-0.3, -0.25) is 9.89 Å². The molecule has 0 aromatic heterocycles. The summed E-state index contributed by atoms with van der Waals surface area (Å²) in [6, 6.07) is 14.7. The molecule has 1 aliphatic heterocycles. The van der Waals surface area contributed by atoms with Crippen molar-refractivity contribution >= 4 is 29.9 Å². The van der Waals surface area contributed by atoms with Crippen molar-refractivity contribution in [1.82, 2.24) is 15.5 Å². The van der Waals surface area contributed by atoms with Crippen molar-refractivity contribution in [1.29, 1.82) is 0 Å². The van der Waals surface area contributed by atoms with Crippen LogP contribution in [0.15, 0.2) is 47.5 Å². The number of nitrogens with one attached hydrogen (secondary N) is 2. The normalized spacial score (nSPS) is 14.9. The fourth-order valence-corrected chi connectivity index (χ4v) is 4.02. The lowest BCUT2D eigenvalue weighted by molar-refractivity contribution is 0.245. The minimum atomic E-state index is 0. The van der Waals surface area contributed by atoms with Crippen molar-refractivity contribution in [3.63, 3.8) is 0 Å². The maximum absolute atomic E-state index is 5.55. The quantitative estimate of drug-likeness (QED) is 0.279. The number of likely N-dealkylation sites (tertiary alicyclic amines) is 1. The second-order valence-corrected chi connectivity index (χ2v) is 7.49. The molecule has 1 saturated heterocycles. The molecular weight excluding hydrogens is 519 g/mol. The average molecular weight is 554 g/mol. The third-order valence-electron chi connectivity index (χ3n) is 5.70. The highest BCUT2D eigenvalue weighted by Crippen LogP contribution is 2.33. The Hall–Kier alpha value is -2.20. The second-order valence-electron chi connectivity index (χ2n) is 7.49. The predicted molar refractivity (Wildman–Crippen MR) is 140 cm³/mol. The minimum absolute atomic E-state index is 0. The van der Waals surface area contributed by atoms with Gasteiger partial charge in [-0.25, -0.2) is 0 Å². The van der Waals surface area contributed by atoms with E-state index >= 15 is 0 Å². The highest BCUT2D eigenvalue weighted by Gasteiger charge is 2.23. The molecule has 1 atom stereocenters. The lowest BCUT2D eigenvalue weighted by Crippen LogP contribution is -2.42. The Morgan fingerprint density at radius 1 is 0.969 bits per heavy atom. The van der Waals surface area contributed by atoms with Crippen LogP contribution in [0.1, 0.15) is 30.0 Å². The molecule has 0 spiro atoms. The Bertz CT molecular complexity index is 833. The van der Waals surface area contributed by atoms with Crippen LogP contribution >= 0.6 is 24.0 Å². The molecule has 3 rings (SSSR count). The number of aliphatic imine (C=N–C) groups is 1. The van der Waals surface area contributed by atoms with E-state index in [4.69, 9.17) is 14.2 Å². The fraction of sp³-hybridized carbons (Fsp3) is 0.458. The van der Waals surface area contributed by atoms with Crippen LogP contribution in [-0.4, -0.2) is 58.9 Å². The first-order chi connectivity index (χ1) is 15.2. The van der Waals surface area contributed by atoms with Crippen molar-refractivity contribution in [2.75, 3.05) is 48.0 Å². The number of benzene rings is 2. The number of methoxy groups -OCH3 is 3. The summed E-state index contributed by atoms with van der Waals surface area (Å²) in [5, 5.41) is 6.89. The monoisotopic (exact) mass is 554 g/mol. The lowest BCUT2D eigenvalue weighted by Gasteiger charge is -2.29. The molecule has 0 radical (unpaired) electrons. The van der Waals surface area contributed by atoms with Crippen LogP contribution < -0.4 is 24.8 Å². The van der Waals surface area contributed by atoms with Gasteiger partial charge < -0.3 is 24.8 Å². The van der Waals surface area contributed by atoms with Gasteiger partial charge in [-0.1, -0.05) is 30.3 Å². The standard InChI is InChI=1S/C24H34N4O3.HI/c1-25-24(26-16-20-22(30-3)14-19(29-2)15-23(20)31-4)27-17-21(28-12-8-9-13-28)18-10-6-5-7-11-18;/h5-7,10-11,14-15,21H,8-9,12-13,16-17H2,1-4H3,(H2,25,26,27);1H. The molecule has 8 heteroatoms. The van der Waals surface area contributed by atoms with Gasteiger partial charge in [0.25, 0.3) is 0 Å². The summed E-state index contributed by atoms with van der Waals surface area (Å²) < 4.78 is 16.4. The Kier molecular flexibility index (Phi) is 10.9. The molecule has 1 fully saturated rings. The van der Waals surface area contributed by atoms with E-state index in [2.05, 4.69) is 50.9 Å². The maximum Gasteiger partial charge on any atom is 0.191 e. The molecule has 32 heavy (non-hydrogen) atoms. The molecule has 1 aliphatic rings. The summed E-state index contributed by atoms with van der Waals surface area (Å²) in [7, 11) is 6.70. The molecule has 0 amide bonds. The first-order valence-electron chi connectivity index (χ1n) is 10.7. The molecule has 0 saturated carbocycles. The van der Waals surface area contributed by atoms with Crippen LogP contribution in [0.4, 0.5) is 0 Å². The van der Waals surface area contributed by atoms with E-state index in [0.29, 0.717) is 29.8 Å². The Morgan fingerprint density at radius 3 is 2.12 bits per heavy atom. The fourth-order valence-electron chi connectivity index (χ4n) is 4.02. The van der Waals surface area contributed by atoms with E-state index in [1.165, 1.54) is 18.4 Å². The van der Waals surface area contributed by atoms with Crippen LogP contribution in [0, 0.1) is 0 Å². The van der Waals surface area contributed by atoms with Crippen LogP contribution in [0.5, 0.6) is 17.2 Å². The van der Waals surface area contributed by atoms with Crippen molar-refractivity contribution in [3.8, 4) is 17.2 Å². The summed E-state index contributed by atoms with van der Waals surface area (Å²) in [6.45, 7) is 3.55. The van der Waals surface area contributed by atoms with Gasteiger partial charge in [0.15, 0.2) is 5.96 Å². The predicted octanol–water partition coefficient (Wildman–Crippen LogP) is 3.83. The molecule has 2 aromatic carbocycles. The van der Waals surface area contributed by atoms with Crippen molar-refractivity contribution in [2.45, 2.75) is 25.4 Å². The number of ether oxygens (including phenoxy) is 3. The highest BCUT2D eigenvalue weighted by atomic mass is 127. The van der Waals surface area contributed by atoms with Gasteiger partial charge in [0.05, 0.1) is 39.5 Å². The average Bonchev–Trinajstić information content (AvgIpc) is 3.36. The number of hydrogen-bond acceptors (Lipinski definition) is 5. The SMILES string of the molecule is CN=C(NCc1c(OC)cc(OC)cc1OC)NCC(c1ccccc1)N1CCCC1.I. The maximum atomic E-state index is 5.55. The zero-order valence-corrected chi connectivity index (χ0v) is 21.7. The first kappa shape index (κ1) is 26.1. The molecule has 176 valence electrons. The van der Waals surface area contributed by atoms with Crippen molar-refractivity contribution in [2.24, 2.45) is 4.99 Å². The Labute approximate surface area is 208 Å². The van der Waals surface area contributed by atoms with E-state index in [9.17, 15) is 0 Å². The molecule has 7 nitrogen and oxygen atoms in total. The van der Waals surface area contributed by atoms with Crippen LogP contribution in [0.25, 0.3) is 0 Å². The van der Waals surface area contributed by atoms with Crippen LogP contribution in [-0.2, 0) is 6.54 Å². The Morgan fingerprint density at radius 2 is 1.59 bits per heavy atom. The summed E-state index contributed by atoms with van der Waals surface area (Å²) in [4.78, 5) is 6.96. The molecular formula is C24H35IN4O3. The van der Waals surface area contributed by atoms with E-state index in [1.807, 2.05) is 12.1 Å². The summed E-state index contributed by atoms with van der Waals surface area (Å²) in [5.74, 6) is 2.84. The minimum Gasteiger partial charge on any atom is -0.496 e. The zero-order chi connectivity index (χ0) is 22.1. The second kappa shape index (κ2) is 13.4. The summed E-state index contributed by atoms with van der Waals surface area (Å²) in [6.07, 6.45) is 2.51. The summed E-state index contributed by atoms with van der Waals surface area (Å²) in [5.41, 5.74) is 2.23. The molecule has 1 heterocycles. The van der Waals surface area contributed by atoms with E-state index in [1.54, 1.807) is 28.4 Å². The molecule has 0 aliphatic carbocycles. The van der Waals surface area contributed by atoms with E-state index < -0.39 is 0 Å². The lowest BCUT2D eigenvalue weighted by atomic mass is 10.1. The van der Waals surface area contributed by atoms with E-state index in [-0.39, 0.29) is 24.0 Å². The largest absolute Gasteiger partial charge is 0.496 e. The number of nitrogens with zero attached hydrogens (tertiary/aromatic N) is 2. The smallest absolute Gasteiger partial charge is 0.191 e. The van der Waals surface area contributed by atoms with Gasteiger partial charge in [0, 0.05) is 25.7 Å². The Balaban J connectivity index is 0.00000363. The van der Waals surface area contributed by atoms with Gasteiger partial charge in [0.1, 0.15) is 17.2 Å². The molecule has 2 aromatic rings. The molecule has 0 bridgehead atoms. The van der Waals surface area contributed by atoms with Gasteiger partial charge in [-0.2, -0.15) is 0 Å². The van der Waals surface area contributed by atoms with Crippen LogP contribution in [0.3, 0.4) is 0 Å². The summed E-state index contributed by atoms with van der Waals surface area (Å²) >= 11 is 0. The topological polar surface area (TPSA) is 67.4 Å². The molecule has 1 unspecified atom stereocenters. The third kappa shape index (κ3) is 6.65.